The molecule has 0 saturated carbocycles. The third-order valence-corrected chi connectivity index (χ3v) is 5.44. The molecule has 2 fully saturated rings. The molecule has 0 aliphatic carbocycles. The van der Waals surface area contributed by atoms with Gasteiger partial charge in [0.2, 0.25) is 5.91 Å². The van der Waals surface area contributed by atoms with Crippen molar-refractivity contribution in [2.45, 2.75) is 45.7 Å². The molecule has 0 bridgehead atoms. The highest BCUT2D eigenvalue weighted by Crippen LogP contribution is 2.12. The fourth-order valence-corrected chi connectivity index (χ4v) is 3.73. The number of hydrogen-bond acceptors (Lipinski definition) is 5. The summed E-state index contributed by atoms with van der Waals surface area (Å²) in [6.45, 7) is 9.67. The Kier molecular flexibility index (Phi) is 6.65. The Balaban J connectivity index is 1.43. The second-order valence-corrected chi connectivity index (χ2v) is 7.35. The van der Waals surface area contributed by atoms with Crippen LogP contribution >= 0.6 is 0 Å². The summed E-state index contributed by atoms with van der Waals surface area (Å²) in [6.07, 6.45) is 5.13. The predicted octanol–water partition coefficient (Wildman–Crippen LogP) is 0.699. The molecule has 3 heterocycles. The van der Waals surface area contributed by atoms with Gasteiger partial charge in [-0.2, -0.15) is 0 Å². The number of likely N-dealkylation sites (tertiary alicyclic amines) is 1. The third-order valence-electron chi connectivity index (χ3n) is 5.44. The molecule has 2 saturated heterocycles. The minimum absolute atomic E-state index is 0.0878. The van der Waals surface area contributed by atoms with Crippen LogP contribution in [0.3, 0.4) is 0 Å². The van der Waals surface area contributed by atoms with E-state index in [0.29, 0.717) is 19.6 Å². The number of carbonyl (C=O) groups excluding carboxylic acids is 2. The molecule has 9 heteroatoms. The van der Waals surface area contributed by atoms with Crippen molar-refractivity contribution in [3.05, 3.63) is 12.2 Å². The third kappa shape index (κ3) is 4.97. The number of amides is 3. The van der Waals surface area contributed by atoms with E-state index in [9.17, 15) is 9.59 Å². The highest BCUT2D eigenvalue weighted by atomic mass is 16.2. The normalized spacial score (nSPS) is 19.8. The summed E-state index contributed by atoms with van der Waals surface area (Å²) in [4.78, 5) is 30.9. The molecule has 1 aromatic rings. The van der Waals surface area contributed by atoms with Crippen LogP contribution in [0.4, 0.5) is 4.79 Å². The zero-order chi connectivity index (χ0) is 19.2. The Labute approximate surface area is 160 Å². The number of piperidine rings is 1. The van der Waals surface area contributed by atoms with Crippen molar-refractivity contribution in [1.29, 1.82) is 0 Å². The van der Waals surface area contributed by atoms with Gasteiger partial charge < -0.3 is 19.7 Å². The minimum atomic E-state index is -0.196. The summed E-state index contributed by atoms with van der Waals surface area (Å²) >= 11 is 0. The highest BCUT2D eigenvalue weighted by Gasteiger charge is 2.26. The number of nitrogens with one attached hydrogen (secondary N) is 1. The van der Waals surface area contributed by atoms with Crippen LogP contribution in [-0.2, 0) is 11.3 Å². The number of rotatable bonds is 5. The quantitative estimate of drug-likeness (QED) is 0.816. The largest absolute Gasteiger partial charge is 0.342 e. The van der Waals surface area contributed by atoms with E-state index in [1.807, 2.05) is 28.2 Å². The van der Waals surface area contributed by atoms with Crippen molar-refractivity contribution < 1.29 is 9.59 Å². The lowest BCUT2D eigenvalue weighted by Crippen LogP contribution is -2.54. The first-order valence-corrected chi connectivity index (χ1v) is 10.0. The molecular formula is C18H31N7O2. The molecule has 9 nitrogen and oxygen atoms in total. The molecule has 1 N–H and O–H groups in total. The molecule has 0 aromatic carbocycles. The predicted molar refractivity (Wildman–Crippen MR) is 101 cm³/mol. The second kappa shape index (κ2) is 9.16. The molecule has 0 radical (unpaired) electrons. The monoisotopic (exact) mass is 377 g/mol. The summed E-state index contributed by atoms with van der Waals surface area (Å²) in [5.41, 5.74) is 0. The summed E-state index contributed by atoms with van der Waals surface area (Å²) in [6, 6.07) is -0.284. The number of aromatic nitrogens is 3. The number of hydrogen-bond donors (Lipinski definition) is 1. The van der Waals surface area contributed by atoms with Crippen LogP contribution in [0.25, 0.3) is 0 Å². The van der Waals surface area contributed by atoms with Gasteiger partial charge in [-0.1, -0.05) is 0 Å². The summed E-state index contributed by atoms with van der Waals surface area (Å²) < 4.78 is 1.93. The fraction of sp³-hybridized carbons (Fsp3) is 0.778. The van der Waals surface area contributed by atoms with Crippen LogP contribution in [-0.4, -0.2) is 87.2 Å². The van der Waals surface area contributed by atoms with E-state index in [-0.39, 0.29) is 18.0 Å². The molecule has 1 aromatic heterocycles. The molecule has 0 spiro atoms. The molecule has 0 unspecified atom stereocenters. The van der Waals surface area contributed by atoms with Gasteiger partial charge in [0, 0.05) is 45.8 Å². The van der Waals surface area contributed by atoms with Crippen molar-refractivity contribution >= 4 is 11.9 Å². The molecule has 3 rings (SSSR count). The Morgan fingerprint density at radius 3 is 2.44 bits per heavy atom. The number of piperazine rings is 1. The SMILES string of the molecule is CCn1cnnc1[C@@H](C)NC(=O)N1CCN(CC(=O)N2CCCCC2)CC1. The van der Waals surface area contributed by atoms with E-state index in [1.165, 1.54) is 6.42 Å². The van der Waals surface area contributed by atoms with Crippen molar-refractivity contribution in [2.24, 2.45) is 0 Å². The first-order valence-electron chi connectivity index (χ1n) is 10.0. The van der Waals surface area contributed by atoms with E-state index in [0.717, 1.165) is 51.4 Å². The van der Waals surface area contributed by atoms with Crippen molar-refractivity contribution in [3.63, 3.8) is 0 Å². The average Bonchev–Trinajstić information content (AvgIpc) is 3.18. The number of urea groups is 1. The smallest absolute Gasteiger partial charge is 0.318 e. The molecule has 3 amide bonds. The van der Waals surface area contributed by atoms with Crippen molar-refractivity contribution in [3.8, 4) is 0 Å². The first kappa shape index (κ1) is 19.6. The van der Waals surface area contributed by atoms with Crippen LogP contribution in [0.5, 0.6) is 0 Å². The van der Waals surface area contributed by atoms with Gasteiger partial charge in [-0.15, -0.1) is 10.2 Å². The van der Waals surface area contributed by atoms with E-state index >= 15 is 0 Å². The summed E-state index contributed by atoms with van der Waals surface area (Å²) in [7, 11) is 0. The van der Waals surface area contributed by atoms with Crippen LogP contribution < -0.4 is 5.32 Å². The standard InChI is InChI=1S/C18H31N7O2/c1-3-23-14-19-21-17(23)15(2)20-18(27)25-11-9-22(10-12-25)13-16(26)24-7-5-4-6-8-24/h14-15H,3-13H2,1-2H3,(H,20,27)/t15-/m1/s1. The van der Waals surface area contributed by atoms with E-state index < -0.39 is 0 Å². The summed E-state index contributed by atoms with van der Waals surface area (Å²) in [5, 5.41) is 11.0. The Bertz CT molecular complexity index is 633. The van der Waals surface area contributed by atoms with Crippen LogP contribution in [0.1, 0.15) is 45.0 Å². The van der Waals surface area contributed by atoms with E-state index in [4.69, 9.17) is 0 Å². The van der Waals surface area contributed by atoms with Crippen molar-refractivity contribution in [2.75, 3.05) is 45.8 Å². The minimum Gasteiger partial charge on any atom is -0.342 e. The molecule has 150 valence electrons. The average molecular weight is 377 g/mol. The lowest BCUT2D eigenvalue weighted by Gasteiger charge is -2.36. The van der Waals surface area contributed by atoms with Gasteiger partial charge in [0.15, 0.2) is 5.82 Å². The van der Waals surface area contributed by atoms with Gasteiger partial charge in [-0.05, 0) is 33.1 Å². The zero-order valence-corrected chi connectivity index (χ0v) is 16.4. The van der Waals surface area contributed by atoms with Crippen LogP contribution in [0.2, 0.25) is 0 Å². The van der Waals surface area contributed by atoms with Gasteiger partial charge >= 0.3 is 6.03 Å². The van der Waals surface area contributed by atoms with E-state index in [2.05, 4.69) is 20.4 Å². The van der Waals surface area contributed by atoms with Gasteiger partial charge in [0.25, 0.3) is 0 Å². The number of carbonyl (C=O) groups is 2. The Morgan fingerprint density at radius 1 is 1.07 bits per heavy atom. The fourth-order valence-electron chi connectivity index (χ4n) is 3.73. The van der Waals surface area contributed by atoms with Gasteiger partial charge in [0.05, 0.1) is 12.6 Å². The Hall–Kier alpha value is -2.16. The van der Waals surface area contributed by atoms with Crippen molar-refractivity contribution in [1.82, 2.24) is 34.8 Å². The molecule has 27 heavy (non-hydrogen) atoms. The molecule has 2 aliphatic rings. The first-order chi connectivity index (χ1) is 13.1. The van der Waals surface area contributed by atoms with Gasteiger partial charge in [-0.25, -0.2) is 4.79 Å². The maximum atomic E-state index is 12.5. The second-order valence-electron chi connectivity index (χ2n) is 7.35. The lowest BCUT2D eigenvalue weighted by molar-refractivity contribution is -0.133. The molecular weight excluding hydrogens is 346 g/mol. The van der Waals surface area contributed by atoms with E-state index in [1.54, 1.807) is 6.33 Å². The molecule has 2 aliphatic heterocycles. The highest BCUT2D eigenvalue weighted by molar-refractivity contribution is 5.78. The van der Waals surface area contributed by atoms with Gasteiger partial charge in [0.1, 0.15) is 6.33 Å². The lowest BCUT2D eigenvalue weighted by atomic mass is 10.1. The summed E-state index contributed by atoms with van der Waals surface area (Å²) in [5.74, 6) is 0.983. The number of aryl methyl sites for hydroxylation is 1. The zero-order valence-electron chi connectivity index (χ0n) is 16.4. The maximum Gasteiger partial charge on any atom is 0.318 e. The Morgan fingerprint density at radius 2 is 1.78 bits per heavy atom. The number of nitrogens with zero attached hydrogens (tertiary/aromatic N) is 6. The molecule has 1 atom stereocenters. The van der Waals surface area contributed by atoms with Crippen LogP contribution in [0.15, 0.2) is 6.33 Å². The van der Waals surface area contributed by atoms with Gasteiger partial charge in [-0.3, -0.25) is 9.69 Å². The topological polar surface area (TPSA) is 86.6 Å². The maximum absolute atomic E-state index is 12.5. The van der Waals surface area contributed by atoms with Crippen LogP contribution in [0, 0.1) is 0 Å².